The molecule has 0 saturated heterocycles. The second kappa shape index (κ2) is 4.78. The van der Waals surface area contributed by atoms with E-state index >= 15 is 0 Å². The van der Waals surface area contributed by atoms with Gasteiger partial charge in [0.1, 0.15) is 5.75 Å². The van der Waals surface area contributed by atoms with Gasteiger partial charge in [0.05, 0.1) is 5.56 Å². The van der Waals surface area contributed by atoms with Crippen LogP contribution < -0.4 is 0 Å². The first-order valence-corrected chi connectivity index (χ1v) is 3.58. The Hall–Kier alpha value is -1.02. The summed E-state index contributed by atoms with van der Waals surface area (Å²) in [5, 5.41) is 9.11. The summed E-state index contributed by atoms with van der Waals surface area (Å²) < 4.78 is 4.45. The maximum atomic E-state index is 10.9. The third kappa shape index (κ3) is 2.24. The molecule has 0 heterocycles. The fourth-order valence-corrected chi connectivity index (χ4v) is 0.880. The largest absolute Gasteiger partial charge is 0.621 e. The predicted molar refractivity (Wildman–Crippen MR) is 44.3 cm³/mol. The highest BCUT2D eigenvalue weighted by Gasteiger charge is 2.07. The second-order valence-corrected chi connectivity index (χ2v) is 2.24. The molecule has 1 aromatic carbocycles. The fraction of sp³-hybridized carbons (Fsp3) is 0. The third-order valence-electron chi connectivity index (χ3n) is 1.26. The molecular weight excluding hydrogens is 175 g/mol. The number of rotatable bonds is 1. The van der Waals surface area contributed by atoms with Crippen LogP contribution in [-0.2, 0) is 3.79 Å². The van der Waals surface area contributed by atoms with Crippen molar-refractivity contribution < 1.29 is 19.2 Å². The minimum atomic E-state index is -0.513. The summed E-state index contributed by atoms with van der Waals surface area (Å²) in [4.78, 5) is 10.9. The molecule has 5 heteroatoms. The minimum Gasteiger partial charge on any atom is -0.621 e. The van der Waals surface area contributed by atoms with Crippen LogP contribution in [0.1, 0.15) is 10.4 Å². The number of phenols is 1. The van der Waals surface area contributed by atoms with Crippen LogP contribution in [0.2, 0.25) is 0 Å². The summed E-state index contributed by atoms with van der Waals surface area (Å²) in [6, 6.07) is 6.25. The van der Waals surface area contributed by atoms with Crippen molar-refractivity contribution in [1.29, 1.82) is 0 Å². The maximum Gasteiger partial charge on any atom is 0.497 e. The molecular formula is C7H8AlO4. The lowest BCUT2D eigenvalue weighted by Gasteiger charge is -2.01. The van der Waals surface area contributed by atoms with Gasteiger partial charge in [-0.2, -0.15) is 0 Å². The highest BCUT2D eigenvalue weighted by atomic mass is 27.1. The van der Waals surface area contributed by atoms with E-state index in [9.17, 15) is 4.79 Å². The zero-order valence-corrected chi connectivity index (χ0v) is 7.69. The van der Waals surface area contributed by atoms with Crippen molar-refractivity contribution in [2.75, 3.05) is 0 Å². The van der Waals surface area contributed by atoms with Crippen LogP contribution in [0.3, 0.4) is 0 Å². The zero-order chi connectivity index (χ0) is 8.27. The molecule has 12 heavy (non-hydrogen) atoms. The van der Waals surface area contributed by atoms with E-state index in [0.717, 1.165) is 16.6 Å². The van der Waals surface area contributed by atoms with Crippen molar-refractivity contribution in [3.8, 4) is 5.75 Å². The molecule has 0 aromatic heterocycles. The molecule has 0 aliphatic carbocycles. The average molecular weight is 183 g/mol. The number of hydrogen-bond acceptors (Lipinski definition) is 3. The Morgan fingerprint density at radius 3 is 2.50 bits per heavy atom. The Bertz CT molecular complexity index is 274. The minimum absolute atomic E-state index is 0. The first-order valence-electron chi connectivity index (χ1n) is 3.00. The van der Waals surface area contributed by atoms with Gasteiger partial charge in [0, 0.05) is 0 Å². The van der Waals surface area contributed by atoms with Crippen LogP contribution >= 0.6 is 0 Å². The Balaban J connectivity index is 0.00000121. The molecule has 0 atom stereocenters. The first-order chi connectivity index (χ1) is 5.25. The molecule has 63 valence electrons. The van der Waals surface area contributed by atoms with Gasteiger partial charge in [-0.15, -0.1) is 0 Å². The number of phenolic OH excluding ortho intramolecular Hbond substituents is 1. The molecule has 0 amide bonds. The van der Waals surface area contributed by atoms with Crippen LogP contribution in [0.25, 0.3) is 0 Å². The molecule has 0 aliphatic rings. The van der Waals surface area contributed by atoms with Crippen LogP contribution in [0, 0.1) is 0 Å². The van der Waals surface area contributed by atoms with E-state index in [4.69, 9.17) is 5.11 Å². The Kier molecular flexibility index (Phi) is 4.37. The van der Waals surface area contributed by atoms with Gasteiger partial charge < -0.3 is 14.4 Å². The van der Waals surface area contributed by atoms with Crippen LogP contribution in [0.4, 0.5) is 0 Å². The standard InChI is InChI=1S/C7H6O3.Al.H2O.H/c8-6-4-2-1-3-5(6)7(9)10;;;/h1-4,8H,(H,9,10);;1H2;/q;+1;;/p-1. The van der Waals surface area contributed by atoms with Crippen molar-refractivity contribution >= 4 is 22.6 Å². The molecule has 1 aromatic rings. The quantitative estimate of drug-likeness (QED) is 0.598. The highest BCUT2D eigenvalue weighted by Crippen LogP contribution is 2.15. The molecule has 0 unspecified atom stereocenters. The topological polar surface area (TPSA) is 78.0 Å². The van der Waals surface area contributed by atoms with Crippen molar-refractivity contribution in [3.05, 3.63) is 29.8 Å². The number of aromatic hydroxyl groups is 1. The molecule has 4 nitrogen and oxygen atoms in total. The van der Waals surface area contributed by atoms with Gasteiger partial charge in [-0.25, -0.2) is 4.79 Å². The predicted octanol–water partition coefficient (Wildman–Crippen LogP) is -0.460. The Morgan fingerprint density at radius 2 is 2.00 bits per heavy atom. The van der Waals surface area contributed by atoms with Gasteiger partial charge in [0.2, 0.25) is 0 Å². The van der Waals surface area contributed by atoms with Crippen LogP contribution in [0.5, 0.6) is 5.75 Å². The maximum absolute atomic E-state index is 10.9. The number of carbonyl (C=O) groups is 1. The number of para-hydroxylation sites is 1. The van der Waals surface area contributed by atoms with E-state index in [2.05, 4.69) is 3.79 Å². The average Bonchev–Trinajstić information content (AvgIpc) is 2.04. The van der Waals surface area contributed by atoms with Crippen molar-refractivity contribution in [2.24, 2.45) is 0 Å². The van der Waals surface area contributed by atoms with Crippen LogP contribution in [0.15, 0.2) is 24.3 Å². The summed E-state index contributed by atoms with van der Waals surface area (Å²) in [6.45, 7) is 0. The van der Waals surface area contributed by atoms with Crippen molar-refractivity contribution in [2.45, 2.75) is 0 Å². The van der Waals surface area contributed by atoms with E-state index < -0.39 is 5.97 Å². The normalized spacial score (nSPS) is 8.33. The summed E-state index contributed by atoms with van der Waals surface area (Å²) in [5.74, 6) is -0.564. The number of carbonyl (C=O) groups excluding carboxylic acids is 1. The van der Waals surface area contributed by atoms with Crippen LogP contribution in [-0.4, -0.2) is 33.2 Å². The number of hydrogen-bond donors (Lipinski definition) is 1. The molecule has 1 radical (unpaired) electrons. The van der Waals surface area contributed by atoms with E-state index in [1.54, 1.807) is 12.1 Å². The first kappa shape index (κ1) is 11.0. The summed E-state index contributed by atoms with van der Waals surface area (Å²) in [5.41, 5.74) is 0.197. The fourth-order valence-electron chi connectivity index (χ4n) is 0.724. The zero-order valence-electron chi connectivity index (χ0n) is 6.28. The number of benzene rings is 1. The third-order valence-corrected chi connectivity index (χ3v) is 1.52. The van der Waals surface area contributed by atoms with Gasteiger partial charge in [-0.05, 0) is 12.1 Å². The lowest BCUT2D eigenvalue weighted by molar-refractivity contribution is 0.0746. The second-order valence-electron chi connectivity index (χ2n) is 1.95. The molecule has 0 fully saturated rings. The lowest BCUT2D eigenvalue weighted by atomic mass is 10.2. The van der Waals surface area contributed by atoms with E-state index in [1.165, 1.54) is 12.1 Å². The summed E-state index contributed by atoms with van der Waals surface area (Å²) in [6.07, 6.45) is 0. The molecule has 0 saturated carbocycles. The molecule has 1 rings (SSSR count). The summed E-state index contributed by atoms with van der Waals surface area (Å²) >= 11 is 1.09. The van der Waals surface area contributed by atoms with Gasteiger partial charge in [-0.1, -0.05) is 12.1 Å². The monoisotopic (exact) mass is 183 g/mol. The van der Waals surface area contributed by atoms with Crippen molar-refractivity contribution in [1.82, 2.24) is 0 Å². The van der Waals surface area contributed by atoms with Gasteiger partial charge >= 0.3 is 22.6 Å². The van der Waals surface area contributed by atoms with E-state index in [0.29, 0.717) is 0 Å². The lowest BCUT2D eigenvalue weighted by Crippen LogP contribution is -2.01. The van der Waals surface area contributed by atoms with E-state index in [1.807, 2.05) is 0 Å². The SMILES string of the molecule is O.O=C([O][AlH])c1ccccc1O. The smallest absolute Gasteiger partial charge is 0.497 e. The van der Waals surface area contributed by atoms with Crippen molar-refractivity contribution in [3.63, 3.8) is 0 Å². The molecule has 0 bridgehead atoms. The Morgan fingerprint density at radius 1 is 1.42 bits per heavy atom. The van der Waals surface area contributed by atoms with Gasteiger partial charge in [0.15, 0.2) is 0 Å². The van der Waals surface area contributed by atoms with Gasteiger partial charge in [-0.3, -0.25) is 0 Å². The van der Waals surface area contributed by atoms with Gasteiger partial charge in [0.25, 0.3) is 0 Å². The Labute approximate surface area is 77.8 Å². The molecule has 0 spiro atoms. The molecule has 0 aliphatic heterocycles. The summed E-state index contributed by atoms with van der Waals surface area (Å²) in [7, 11) is 0. The molecule has 3 N–H and O–H groups in total. The highest BCUT2D eigenvalue weighted by molar-refractivity contribution is 6.10. The van der Waals surface area contributed by atoms with E-state index in [-0.39, 0.29) is 16.8 Å².